The standard InChI is InChI=1S/C46H82/c1-36(43(2)25-12-6-13-26-43)33-38(44(3)27-14-7-15-28-44)34-39(45(4)29-16-8-17-30-45)35-42(46(5)31-18-9-19-32-46)41-24-20-22-37-21-10-11-23-40(37)41/h36-42H,6-35H2,1-5H3. The van der Waals surface area contributed by atoms with Gasteiger partial charge in [0.05, 0.1) is 0 Å². The van der Waals surface area contributed by atoms with E-state index in [-0.39, 0.29) is 0 Å². The normalized spacial score (nSPS) is 35.3. The zero-order valence-corrected chi connectivity index (χ0v) is 32.3. The first-order valence-corrected chi connectivity index (χ1v) is 22.1. The Morgan fingerprint density at radius 2 is 0.848 bits per heavy atom. The fourth-order valence-electron chi connectivity index (χ4n) is 14.3. The third-order valence-corrected chi connectivity index (χ3v) is 17.9. The summed E-state index contributed by atoms with van der Waals surface area (Å²) in [6, 6.07) is 0. The van der Waals surface area contributed by atoms with Crippen molar-refractivity contribution in [1.29, 1.82) is 0 Å². The van der Waals surface area contributed by atoms with Gasteiger partial charge in [-0.25, -0.2) is 0 Å². The minimum absolute atomic E-state index is 0.587. The molecule has 46 heavy (non-hydrogen) atoms. The highest BCUT2D eigenvalue weighted by Gasteiger charge is 2.50. The quantitative estimate of drug-likeness (QED) is 0.212. The van der Waals surface area contributed by atoms with E-state index in [1.54, 1.807) is 64.2 Å². The predicted octanol–water partition coefficient (Wildman–Crippen LogP) is 15.1. The zero-order chi connectivity index (χ0) is 32.3. The summed E-state index contributed by atoms with van der Waals surface area (Å²) in [6.45, 7) is 14.0. The summed E-state index contributed by atoms with van der Waals surface area (Å²) < 4.78 is 0. The van der Waals surface area contributed by atoms with Crippen LogP contribution in [0.4, 0.5) is 0 Å². The molecule has 0 aliphatic heterocycles. The van der Waals surface area contributed by atoms with E-state index in [9.17, 15) is 0 Å². The molecule has 6 aliphatic carbocycles. The highest BCUT2D eigenvalue weighted by Crippen LogP contribution is 2.60. The molecule has 0 heterocycles. The van der Waals surface area contributed by atoms with Gasteiger partial charge < -0.3 is 0 Å². The van der Waals surface area contributed by atoms with Crippen LogP contribution in [0.15, 0.2) is 0 Å². The van der Waals surface area contributed by atoms with Crippen LogP contribution in [0.1, 0.15) is 227 Å². The predicted molar refractivity (Wildman–Crippen MR) is 201 cm³/mol. The van der Waals surface area contributed by atoms with Gasteiger partial charge in [-0.15, -0.1) is 0 Å². The van der Waals surface area contributed by atoms with Crippen molar-refractivity contribution in [3.8, 4) is 0 Å². The van der Waals surface area contributed by atoms with E-state index in [0.717, 1.165) is 41.4 Å². The van der Waals surface area contributed by atoms with Crippen LogP contribution in [0.2, 0.25) is 0 Å². The Morgan fingerprint density at radius 3 is 1.39 bits per heavy atom. The van der Waals surface area contributed by atoms with Crippen molar-refractivity contribution >= 4 is 0 Å². The van der Waals surface area contributed by atoms with Gasteiger partial charge >= 0.3 is 0 Å². The molecule has 0 aromatic carbocycles. The molecule has 6 rings (SSSR count). The van der Waals surface area contributed by atoms with Crippen molar-refractivity contribution in [2.45, 2.75) is 227 Å². The van der Waals surface area contributed by atoms with Crippen LogP contribution >= 0.6 is 0 Å². The van der Waals surface area contributed by atoms with Crippen LogP contribution in [0.3, 0.4) is 0 Å². The van der Waals surface area contributed by atoms with Crippen molar-refractivity contribution in [2.75, 3.05) is 0 Å². The summed E-state index contributed by atoms with van der Waals surface area (Å²) in [5.41, 5.74) is 2.38. The zero-order valence-electron chi connectivity index (χ0n) is 32.3. The average Bonchev–Trinajstić information content (AvgIpc) is 3.07. The summed E-state index contributed by atoms with van der Waals surface area (Å²) in [4.78, 5) is 0. The largest absolute Gasteiger partial charge is 0.0620 e. The maximum atomic E-state index is 2.86. The lowest BCUT2D eigenvalue weighted by molar-refractivity contribution is -0.0502. The molecule has 0 spiro atoms. The molecule has 0 saturated heterocycles. The fraction of sp³-hybridized carbons (Fsp3) is 1.00. The SMILES string of the molecule is CC(CC(CC(CC(C1CCCC2CCCCC21)C1(C)CCCCC1)C1(C)CCCCC1)C1(C)CCCCC1)C1(C)CCCCC1. The summed E-state index contributed by atoms with van der Waals surface area (Å²) in [5.74, 6) is 6.98. The molecular weight excluding hydrogens is 553 g/mol. The third kappa shape index (κ3) is 7.98. The molecule has 0 heteroatoms. The summed E-state index contributed by atoms with van der Waals surface area (Å²) in [5, 5.41) is 0. The Labute approximate surface area is 289 Å². The van der Waals surface area contributed by atoms with E-state index in [0.29, 0.717) is 21.7 Å². The second-order valence-electron chi connectivity index (χ2n) is 20.8. The molecule has 0 amide bonds. The van der Waals surface area contributed by atoms with E-state index < -0.39 is 0 Å². The van der Waals surface area contributed by atoms with Crippen molar-refractivity contribution in [3.63, 3.8) is 0 Å². The van der Waals surface area contributed by atoms with Crippen LogP contribution in [0, 0.1) is 63.1 Å². The molecule has 6 fully saturated rings. The maximum absolute atomic E-state index is 2.86. The Balaban J connectivity index is 1.33. The Kier molecular flexibility index (Phi) is 12.1. The van der Waals surface area contributed by atoms with Crippen LogP contribution in [0.25, 0.3) is 0 Å². The molecule has 7 unspecified atom stereocenters. The van der Waals surface area contributed by atoms with Gasteiger partial charge in [-0.05, 0) is 147 Å². The van der Waals surface area contributed by atoms with Crippen LogP contribution in [0.5, 0.6) is 0 Å². The number of fused-ring (bicyclic) bond motifs is 1. The molecule has 6 aliphatic rings. The number of hydrogen-bond donors (Lipinski definition) is 0. The lowest BCUT2D eigenvalue weighted by Gasteiger charge is -2.55. The molecule has 0 aromatic heterocycles. The molecule has 0 bridgehead atoms. The van der Waals surface area contributed by atoms with Gasteiger partial charge in [0.1, 0.15) is 0 Å². The molecule has 0 aromatic rings. The first kappa shape index (κ1) is 35.8. The highest BCUT2D eigenvalue weighted by molar-refractivity contribution is 5.00. The third-order valence-electron chi connectivity index (χ3n) is 17.9. The first-order valence-electron chi connectivity index (χ1n) is 22.1. The van der Waals surface area contributed by atoms with Crippen molar-refractivity contribution < 1.29 is 0 Å². The Morgan fingerprint density at radius 1 is 0.413 bits per heavy atom. The smallest absolute Gasteiger partial charge is 0.0295 e. The molecule has 7 atom stereocenters. The minimum Gasteiger partial charge on any atom is -0.0620 e. The van der Waals surface area contributed by atoms with E-state index in [1.165, 1.54) is 128 Å². The van der Waals surface area contributed by atoms with Gasteiger partial charge in [-0.2, -0.15) is 0 Å². The summed E-state index contributed by atoms with van der Waals surface area (Å²) in [7, 11) is 0. The van der Waals surface area contributed by atoms with Crippen molar-refractivity contribution in [2.24, 2.45) is 63.1 Å². The molecule has 266 valence electrons. The molecule has 0 nitrogen and oxygen atoms in total. The number of hydrogen-bond acceptors (Lipinski definition) is 0. The topological polar surface area (TPSA) is 0 Å². The minimum atomic E-state index is 0.587. The maximum Gasteiger partial charge on any atom is -0.0295 e. The number of rotatable bonds is 11. The second kappa shape index (κ2) is 15.5. The monoisotopic (exact) mass is 635 g/mol. The second-order valence-corrected chi connectivity index (χ2v) is 20.8. The summed E-state index contributed by atoms with van der Waals surface area (Å²) in [6.07, 6.45) is 46.0. The van der Waals surface area contributed by atoms with Crippen LogP contribution < -0.4 is 0 Å². The molecule has 0 radical (unpaired) electrons. The van der Waals surface area contributed by atoms with Crippen molar-refractivity contribution in [1.82, 2.24) is 0 Å². The lowest BCUT2D eigenvalue weighted by Crippen LogP contribution is -2.46. The van der Waals surface area contributed by atoms with Gasteiger partial charge in [0.2, 0.25) is 0 Å². The van der Waals surface area contributed by atoms with Gasteiger partial charge in [-0.3, -0.25) is 0 Å². The first-order chi connectivity index (χ1) is 22.1. The van der Waals surface area contributed by atoms with Gasteiger partial charge in [0.15, 0.2) is 0 Å². The molecule has 6 saturated carbocycles. The van der Waals surface area contributed by atoms with E-state index in [4.69, 9.17) is 0 Å². The average molecular weight is 635 g/mol. The fourth-order valence-corrected chi connectivity index (χ4v) is 14.3. The van der Waals surface area contributed by atoms with Gasteiger partial charge in [0, 0.05) is 0 Å². The van der Waals surface area contributed by atoms with Crippen LogP contribution in [-0.4, -0.2) is 0 Å². The van der Waals surface area contributed by atoms with E-state index >= 15 is 0 Å². The molecular formula is C46H82. The van der Waals surface area contributed by atoms with Crippen LogP contribution in [-0.2, 0) is 0 Å². The van der Waals surface area contributed by atoms with Gasteiger partial charge in [-0.1, -0.05) is 144 Å². The Bertz CT molecular complexity index is 900. The lowest BCUT2D eigenvalue weighted by atomic mass is 9.50. The van der Waals surface area contributed by atoms with Crippen molar-refractivity contribution in [3.05, 3.63) is 0 Å². The highest BCUT2D eigenvalue weighted by atomic mass is 14.6. The van der Waals surface area contributed by atoms with E-state index in [2.05, 4.69) is 34.6 Å². The van der Waals surface area contributed by atoms with Gasteiger partial charge in [0.25, 0.3) is 0 Å². The Hall–Kier alpha value is 0. The summed E-state index contributed by atoms with van der Waals surface area (Å²) >= 11 is 0. The molecule has 0 N–H and O–H groups in total. The van der Waals surface area contributed by atoms with E-state index in [1.807, 2.05) is 0 Å².